The van der Waals surface area contributed by atoms with Crippen LogP contribution in [0.25, 0.3) is 0 Å². The molecule has 2 aromatic rings. The number of halogens is 1. The maximum atomic E-state index is 13.3. The van der Waals surface area contributed by atoms with Gasteiger partial charge in [0.2, 0.25) is 0 Å². The number of amides is 1. The van der Waals surface area contributed by atoms with Crippen molar-refractivity contribution in [3.63, 3.8) is 0 Å². The van der Waals surface area contributed by atoms with E-state index in [0.717, 1.165) is 16.9 Å². The lowest BCUT2D eigenvalue weighted by molar-refractivity contribution is 0.0772. The highest BCUT2D eigenvalue weighted by molar-refractivity contribution is 5.95. The Bertz CT molecular complexity index is 670. The first-order valence-electron chi connectivity index (χ1n) is 7.18. The van der Waals surface area contributed by atoms with Gasteiger partial charge in [0.05, 0.1) is 6.54 Å². The average Bonchev–Trinajstić information content (AvgIpc) is 2.49. The first-order chi connectivity index (χ1) is 10.5. The van der Waals surface area contributed by atoms with Crippen LogP contribution >= 0.6 is 0 Å². The summed E-state index contributed by atoms with van der Waals surface area (Å²) in [6, 6.07) is 12.0. The maximum Gasteiger partial charge on any atom is 0.254 e. The molecule has 0 spiro atoms. The molecule has 22 heavy (non-hydrogen) atoms. The Morgan fingerprint density at radius 2 is 1.95 bits per heavy atom. The van der Waals surface area contributed by atoms with Crippen molar-refractivity contribution in [2.24, 2.45) is 0 Å². The molecule has 0 aliphatic carbocycles. The number of benzene rings is 2. The lowest BCUT2D eigenvalue weighted by Gasteiger charge is -2.18. The number of rotatable bonds is 5. The van der Waals surface area contributed by atoms with Crippen LogP contribution in [-0.4, -0.2) is 31.0 Å². The lowest BCUT2D eigenvalue weighted by atomic mass is 10.1. The van der Waals surface area contributed by atoms with Crippen molar-refractivity contribution >= 4 is 5.91 Å². The van der Waals surface area contributed by atoms with E-state index in [1.54, 1.807) is 20.0 Å². The van der Waals surface area contributed by atoms with Crippen LogP contribution in [0.1, 0.15) is 21.5 Å². The van der Waals surface area contributed by atoms with Crippen molar-refractivity contribution in [1.29, 1.82) is 0 Å². The Morgan fingerprint density at radius 3 is 2.68 bits per heavy atom. The van der Waals surface area contributed by atoms with Gasteiger partial charge in [0.15, 0.2) is 0 Å². The number of hydrogen-bond acceptors (Lipinski definition) is 2. The maximum absolute atomic E-state index is 13.3. The van der Waals surface area contributed by atoms with E-state index in [4.69, 9.17) is 4.74 Å². The van der Waals surface area contributed by atoms with Gasteiger partial charge in [-0.2, -0.15) is 0 Å². The lowest BCUT2D eigenvalue weighted by Crippen LogP contribution is -2.31. The quantitative estimate of drug-likeness (QED) is 0.844. The Labute approximate surface area is 130 Å². The highest BCUT2D eigenvalue weighted by Gasteiger charge is 2.14. The molecule has 0 aromatic heterocycles. The molecule has 0 saturated carbocycles. The van der Waals surface area contributed by atoms with E-state index in [9.17, 15) is 9.18 Å². The molecule has 0 N–H and O–H groups in total. The van der Waals surface area contributed by atoms with Gasteiger partial charge in [0.25, 0.3) is 5.91 Å². The zero-order chi connectivity index (χ0) is 16.1. The standard InChI is InChI=1S/C18H20FNO2/c1-13-5-4-6-16(11-13)22-10-9-20(3)18(21)17-12-15(19)8-7-14(17)2/h4-8,11-12H,9-10H2,1-3H3. The van der Waals surface area contributed by atoms with Crippen molar-refractivity contribution < 1.29 is 13.9 Å². The fraction of sp³-hybridized carbons (Fsp3) is 0.278. The van der Waals surface area contributed by atoms with E-state index in [2.05, 4.69) is 0 Å². The number of nitrogens with zero attached hydrogens (tertiary/aromatic N) is 1. The molecule has 0 fully saturated rings. The Hall–Kier alpha value is -2.36. The first-order valence-corrected chi connectivity index (χ1v) is 7.18. The van der Waals surface area contributed by atoms with Crippen molar-refractivity contribution in [3.8, 4) is 5.75 Å². The minimum absolute atomic E-state index is 0.204. The van der Waals surface area contributed by atoms with Gasteiger partial charge in [-0.25, -0.2) is 4.39 Å². The van der Waals surface area contributed by atoms with Crippen molar-refractivity contribution in [1.82, 2.24) is 4.90 Å². The molecule has 116 valence electrons. The number of hydrogen-bond donors (Lipinski definition) is 0. The van der Waals surface area contributed by atoms with Gasteiger partial charge in [-0.15, -0.1) is 0 Å². The van der Waals surface area contributed by atoms with Gasteiger partial charge >= 0.3 is 0 Å². The average molecular weight is 301 g/mol. The summed E-state index contributed by atoms with van der Waals surface area (Å²) in [4.78, 5) is 13.9. The van der Waals surface area contributed by atoms with Crippen LogP contribution in [0.2, 0.25) is 0 Å². The molecule has 0 heterocycles. The van der Waals surface area contributed by atoms with Crippen molar-refractivity contribution in [2.75, 3.05) is 20.2 Å². The Balaban J connectivity index is 1.93. The largest absolute Gasteiger partial charge is 0.492 e. The van der Waals surface area contributed by atoms with Gasteiger partial charge in [-0.3, -0.25) is 4.79 Å². The normalized spacial score (nSPS) is 10.4. The second kappa shape index (κ2) is 7.07. The summed E-state index contributed by atoms with van der Waals surface area (Å²) in [5, 5.41) is 0. The SMILES string of the molecule is Cc1cccc(OCCN(C)C(=O)c2cc(F)ccc2C)c1. The molecular formula is C18H20FNO2. The number of carbonyl (C=O) groups excluding carboxylic acids is 1. The van der Waals surface area contributed by atoms with E-state index in [-0.39, 0.29) is 5.91 Å². The van der Waals surface area contributed by atoms with Crippen molar-refractivity contribution in [3.05, 3.63) is 65.0 Å². The molecular weight excluding hydrogens is 281 g/mol. The molecule has 0 aliphatic rings. The highest BCUT2D eigenvalue weighted by atomic mass is 19.1. The van der Waals surface area contributed by atoms with E-state index < -0.39 is 5.82 Å². The molecule has 3 nitrogen and oxygen atoms in total. The molecule has 0 unspecified atom stereocenters. The number of aryl methyl sites for hydroxylation is 2. The molecule has 0 aliphatic heterocycles. The number of carbonyl (C=O) groups is 1. The predicted octanol–water partition coefficient (Wildman–Crippen LogP) is 3.59. The summed E-state index contributed by atoms with van der Waals surface area (Å²) < 4.78 is 18.9. The minimum Gasteiger partial charge on any atom is -0.492 e. The van der Waals surface area contributed by atoms with Crippen molar-refractivity contribution in [2.45, 2.75) is 13.8 Å². The zero-order valence-electron chi connectivity index (χ0n) is 13.1. The van der Waals surface area contributed by atoms with Crippen LogP contribution in [-0.2, 0) is 0 Å². The zero-order valence-corrected chi connectivity index (χ0v) is 13.1. The van der Waals surface area contributed by atoms with E-state index >= 15 is 0 Å². The van der Waals surface area contributed by atoms with Crippen LogP contribution in [0, 0.1) is 19.7 Å². The Morgan fingerprint density at radius 1 is 1.18 bits per heavy atom. The minimum atomic E-state index is -0.404. The third kappa shape index (κ3) is 4.07. The van der Waals surface area contributed by atoms with Gasteiger partial charge < -0.3 is 9.64 Å². The van der Waals surface area contributed by atoms with Crippen LogP contribution in [0.3, 0.4) is 0 Å². The summed E-state index contributed by atoms with van der Waals surface area (Å²) in [5.41, 5.74) is 2.27. The topological polar surface area (TPSA) is 29.5 Å². The van der Waals surface area contributed by atoms with E-state index in [1.807, 2.05) is 31.2 Å². The Kier molecular flexibility index (Phi) is 5.15. The number of likely N-dealkylation sites (N-methyl/N-ethyl adjacent to an activating group) is 1. The smallest absolute Gasteiger partial charge is 0.254 e. The molecule has 0 saturated heterocycles. The monoisotopic (exact) mass is 301 g/mol. The summed E-state index contributed by atoms with van der Waals surface area (Å²) in [7, 11) is 1.69. The fourth-order valence-electron chi connectivity index (χ4n) is 2.14. The second-order valence-corrected chi connectivity index (χ2v) is 5.35. The highest BCUT2D eigenvalue weighted by Crippen LogP contribution is 2.14. The van der Waals surface area contributed by atoms with Gasteiger partial charge in [-0.1, -0.05) is 18.2 Å². The molecule has 0 radical (unpaired) electrons. The molecule has 0 atom stereocenters. The third-order valence-electron chi connectivity index (χ3n) is 3.46. The van der Waals surface area contributed by atoms with E-state index in [1.165, 1.54) is 17.0 Å². The summed E-state index contributed by atoms with van der Waals surface area (Å²) in [5.74, 6) is 0.172. The fourth-order valence-corrected chi connectivity index (χ4v) is 2.14. The third-order valence-corrected chi connectivity index (χ3v) is 3.46. The molecule has 0 bridgehead atoms. The van der Waals surface area contributed by atoms with Crippen LogP contribution < -0.4 is 4.74 Å². The summed E-state index contributed by atoms with van der Waals surface area (Å²) in [6.07, 6.45) is 0. The number of ether oxygens (including phenoxy) is 1. The molecule has 2 aromatic carbocycles. The van der Waals surface area contributed by atoms with Gasteiger partial charge in [-0.05, 0) is 49.2 Å². The van der Waals surface area contributed by atoms with Crippen LogP contribution in [0.4, 0.5) is 4.39 Å². The molecule has 4 heteroatoms. The predicted molar refractivity (Wildman–Crippen MR) is 84.8 cm³/mol. The van der Waals surface area contributed by atoms with Gasteiger partial charge in [0, 0.05) is 12.6 Å². The second-order valence-electron chi connectivity index (χ2n) is 5.35. The first kappa shape index (κ1) is 16.0. The van der Waals surface area contributed by atoms with Crippen LogP contribution in [0.15, 0.2) is 42.5 Å². The summed E-state index contributed by atoms with van der Waals surface area (Å²) in [6.45, 7) is 4.61. The molecule has 2 rings (SSSR count). The van der Waals surface area contributed by atoms with Crippen LogP contribution in [0.5, 0.6) is 5.75 Å². The summed E-state index contributed by atoms with van der Waals surface area (Å²) >= 11 is 0. The van der Waals surface area contributed by atoms with E-state index in [0.29, 0.717) is 18.7 Å². The van der Waals surface area contributed by atoms with Gasteiger partial charge in [0.1, 0.15) is 18.2 Å². The molecule has 1 amide bonds.